The van der Waals surface area contributed by atoms with Gasteiger partial charge in [0.2, 0.25) is 5.91 Å². The average molecular weight is 218 g/mol. The molecule has 0 aliphatic heterocycles. The lowest BCUT2D eigenvalue weighted by Gasteiger charge is -2.27. The van der Waals surface area contributed by atoms with Crippen LogP contribution < -0.4 is 11.1 Å². The summed E-state index contributed by atoms with van der Waals surface area (Å²) < 4.78 is 0. The van der Waals surface area contributed by atoms with Crippen LogP contribution in [0.2, 0.25) is 0 Å². The molecule has 0 rings (SSSR count). The first-order valence-electron chi connectivity index (χ1n) is 4.69. The van der Waals surface area contributed by atoms with Crippen LogP contribution in [0, 0.1) is 5.41 Å². The minimum atomic E-state index is -1.23. The lowest BCUT2D eigenvalue weighted by atomic mass is 9.86. The van der Waals surface area contributed by atoms with Crippen molar-refractivity contribution in [1.82, 2.24) is 5.32 Å². The topological polar surface area (TPSA) is 113 Å². The quantitative estimate of drug-likeness (QED) is 0.453. The van der Waals surface area contributed by atoms with E-state index in [1.54, 1.807) is 13.8 Å². The third-order valence-corrected chi connectivity index (χ3v) is 2.15. The van der Waals surface area contributed by atoms with Gasteiger partial charge in [-0.3, -0.25) is 9.59 Å². The zero-order valence-electron chi connectivity index (χ0n) is 8.99. The van der Waals surface area contributed by atoms with Crippen LogP contribution >= 0.6 is 0 Å². The molecule has 0 aromatic rings. The third kappa shape index (κ3) is 4.75. The second-order valence-corrected chi connectivity index (χ2v) is 4.03. The Bertz CT molecular complexity index is 240. The summed E-state index contributed by atoms with van der Waals surface area (Å²) in [5.74, 6) is -1.59. The van der Waals surface area contributed by atoms with Gasteiger partial charge in [-0.1, -0.05) is 13.8 Å². The summed E-state index contributed by atoms with van der Waals surface area (Å²) in [7, 11) is 0. The predicted octanol–water partition coefficient (Wildman–Crippen LogP) is -1.08. The Morgan fingerprint density at radius 3 is 2.40 bits per heavy atom. The van der Waals surface area contributed by atoms with Crippen molar-refractivity contribution in [3.8, 4) is 0 Å². The number of aliphatic hydroxyl groups excluding tert-OH is 1. The van der Waals surface area contributed by atoms with Gasteiger partial charge in [-0.25, -0.2) is 0 Å². The van der Waals surface area contributed by atoms with Crippen LogP contribution in [0.1, 0.15) is 20.3 Å². The normalized spacial score (nSPS) is 13.3. The molecule has 0 aliphatic carbocycles. The molecule has 6 heteroatoms. The van der Waals surface area contributed by atoms with E-state index in [0.717, 1.165) is 0 Å². The third-order valence-electron chi connectivity index (χ3n) is 2.15. The first-order chi connectivity index (χ1) is 6.81. The fourth-order valence-corrected chi connectivity index (χ4v) is 0.856. The maximum Gasteiger partial charge on any atom is 0.305 e. The zero-order valence-corrected chi connectivity index (χ0v) is 8.99. The van der Waals surface area contributed by atoms with Crippen molar-refractivity contribution in [3.05, 3.63) is 0 Å². The Morgan fingerprint density at radius 2 is 2.00 bits per heavy atom. The van der Waals surface area contributed by atoms with Gasteiger partial charge in [-0.05, 0) is 0 Å². The lowest BCUT2D eigenvalue weighted by molar-refractivity contribution is -0.137. The molecule has 0 aliphatic rings. The van der Waals surface area contributed by atoms with E-state index in [1.165, 1.54) is 0 Å². The Balaban J connectivity index is 4.05. The van der Waals surface area contributed by atoms with Crippen LogP contribution in [0.15, 0.2) is 0 Å². The minimum absolute atomic E-state index is 0.00583. The molecule has 0 aromatic carbocycles. The molecule has 0 saturated heterocycles. The maximum atomic E-state index is 11.3. The van der Waals surface area contributed by atoms with Crippen LogP contribution in [0.25, 0.3) is 0 Å². The zero-order chi connectivity index (χ0) is 12.1. The highest BCUT2D eigenvalue weighted by Crippen LogP contribution is 2.18. The molecule has 0 bridgehead atoms. The van der Waals surface area contributed by atoms with Crippen LogP contribution in [0.3, 0.4) is 0 Å². The molecule has 0 aromatic heterocycles. The Labute approximate surface area is 88.5 Å². The van der Waals surface area contributed by atoms with E-state index in [4.69, 9.17) is 10.8 Å². The van der Waals surface area contributed by atoms with E-state index in [2.05, 4.69) is 5.32 Å². The molecule has 1 unspecified atom stereocenters. The molecule has 1 atom stereocenters. The standard InChI is InChI=1S/C9H18N2O4/c1-9(2,5-10)7(14)8(15)11-4-3-6(12)13/h7,14H,3-5,10H2,1-2H3,(H,11,15)(H,12,13). The van der Waals surface area contributed by atoms with Crippen molar-refractivity contribution in [2.75, 3.05) is 13.1 Å². The number of nitrogens with two attached hydrogens (primary N) is 1. The molecule has 0 heterocycles. The van der Waals surface area contributed by atoms with Gasteiger partial charge in [-0.2, -0.15) is 0 Å². The number of carboxylic acids is 1. The van der Waals surface area contributed by atoms with Gasteiger partial charge in [0.1, 0.15) is 6.10 Å². The molecular formula is C9H18N2O4. The van der Waals surface area contributed by atoms with Gasteiger partial charge in [0.15, 0.2) is 0 Å². The number of carbonyl (C=O) groups is 2. The second kappa shape index (κ2) is 5.67. The summed E-state index contributed by atoms with van der Waals surface area (Å²) >= 11 is 0. The summed E-state index contributed by atoms with van der Waals surface area (Å²) in [6.45, 7) is 3.50. The van der Waals surface area contributed by atoms with E-state index >= 15 is 0 Å². The molecule has 88 valence electrons. The average Bonchev–Trinajstić information content (AvgIpc) is 2.15. The molecule has 15 heavy (non-hydrogen) atoms. The summed E-state index contributed by atoms with van der Waals surface area (Å²) in [5.41, 5.74) is 4.67. The van der Waals surface area contributed by atoms with Crippen molar-refractivity contribution in [2.45, 2.75) is 26.4 Å². The molecule has 0 fully saturated rings. The Kier molecular flexibility index (Phi) is 5.24. The van der Waals surface area contributed by atoms with E-state index in [-0.39, 0.29) is 19.5 Å². The number of carbonyl (C=O) groups excluding carboxylic acids is 1. The first kappa shape index (κ1) is 13.9. The SMILES string of the molecule is CC(C)(CN)C(O)C(=O)NCCC(=O)O. The second-order valence-electron chi connectivity index (χ2n) is 4.03. The summed E-state index contributed by atoms with van der Waals surface area (Å²) in [6.07, 6.45) is -1.39. The van der Waals surface area contributed by atoms with Gasteiger partial charge in [0, 0.05) is 18.5 Å². The van der Waals surface area contributed by atoms with Crippen molar-refractivity contribution >= 4 is 11.9 Å². The predicted molar refractivity (Wildman–Crippen MR) is 54.1 cm³/mol. The highest BCUT2D eigenvalue weighted by molar-refractivity contribution is 5.81. The van der Waals surface area contributed by atoms with Crippen LogP contribution in [0.4, 0.5) is 0 Å². The summed E-state index contributed by atoms with van der Waals surface area (Å²) in [6, 6.07) is 0. The van der Waals surface area contributed by atoms with Gasteiger partial charge < -0.3 is 21.3 Å². The monoisotopic (exact) mass is 218 g/mol. The van der Waals surface area contributed by atoms with Crippen LogP contribution in [-0.4, -0.2) is 41.3 Å². The van der Waals surface area contributed by atoms with Crippen molar-refractivity contribution < 1.29 is 19.8 Å². The number of aliphatic hydroxyl groups is 1. The fraction of sp³-hybridized carbons (Fsp3) is 0.778. The van der Waals surface area contributed by atoms with Crippen LogP contribution in [0.5, 0.6) is 0 Å². The fourth-order valence-electron chi connectivity index (χ4n) is 0.856. The smallest absolute Gasteiger partial charge is 0.305 e. The summed E-state index contributed by atoms with van der Waals surface area (Å²) in [4.78, 5) is 21.5. The molecule has 1 amide bonds. The molecule has 0 spiro atoms. The first-order valence-corrected chi connectivity index (χ1v) is 4.69. The van der Waals surface area contributed by atoms with Gasteiger partial charge in [0.25, 0.3) is 0 Å². The molecule has 5 N–H and O–H groups in total. The maximum absolute atomic E-state index is 11.3. The number of aliphatic carboxylic acids is 1. The van der Waals surface area contributed by atoms with E-state index in [1.807, 2.05) is 0 Å². The number of carboxylic acid groups (broad SMARTS) is 1. The minimum Gasteiger partial charge on any atom is -0.481 e. The molecule has 0 radical (unpaired) electrons. The Morgan fingerprint density at radius 1 is 1.47 bits per heavy atom. The molecule has 0 saturated carbocycles. The highest BCUT2D eigenvalue weighted by Gasteiger charge is 2.31. The van der Waals surface area contributed by atoms with Crippen LogP contribution in [-0.2, 0) is 9.59 Å². The largest absolute Gasteiger partial charge is 0.481 e. The lowest BCUT2D eigenvalue weighted by Crippen LogP contribution is -2.47. The highest BCUT2D eigenvalue weighted by atomic mass is 16.4. The number of hydrogen-bond donors (Lipinski definition) is 4. The number of rotatable bonds is 6. The number of amides is 1. The van der Waals surface area contributed by atoms with Crippen molar-refractivity contribution in [1.29, 1.82) is 0 Å². The van der Waals surface area contributed by atoms with Gasteiger partial charge >= 0.3 is 5.97 Å². The van der Waals surface area contributed by atoms with Gasteiger partial charge in [-0.15, -0.1) is 0 Å². The van der Waals surface area contributed by atoms with E-state index in [0.29, 0.717) is 0 Å². The van der Waals surface area contributed by atoms with E-state index in [9.17, 15) is 14.7 Å². The van der Waals surface area contributed by atoms with Crippen molar-refractivity contribution in [2.24, 2.45) is 11.1 Å². The number of nitrogens with one attached hydrogen (secondary N) is 1. The Hall–Kier alpha value is -1.14. The molecule has 6 nitrogen and oxygen atoms in total. The summed E-state index contributed by atoms with van der Waals surface area (Å²) in [5, 5.41) is 20.2. The van der Waals surface area contributed by atoms with Gasteiger partial charge in [0.05, 0.1) is 6.42 Å². The molecular weight excluding hydrogens is 200 g/mol. The van der Waals surface area contributed by atoms with Crippen molar-refractivity contribution in [3.63, 3.8) is 0 Å². The van der Waals surface area contributed by atoms with E-state index < -0.39 is 23.4 Å². The number of hydrogen-bond acceptors (Lipinski definition) is 4.